The minimum absolute atomic E-state index is 0.0428. The molecule has 0 spiro atoms. The summed E-state index contributed by atoms with van der Waals surface area (Å²) in [6.45, 7) is 8.86. The van der Waals surface area contributed by atoms with Crippen LogP contribution in [-0.4, -0.2) is 35.9 Å². The number of ether oxygens (including phenoxy) is 1. The smallest absolute Gasteiger partial charge is 0.259 e. The largest absolute Gasteiger partial charge is 0.490 e. The van der Waals surface area contributed by atoms with Crippen LogP contribution in [0, 0.1) is 0 Å². The van der Waals surface area contributed by atoms with Gasteiger partial charge in [-0.05, 0) is 58.0 Å². The SMILES string of the molecule is CCN(CC)C(=O)c1ccc(NC(=O)c2ccccc2OC(C)C)cc1Cl. The molecule has 0 unspecified atom stereocenters. The van der Waals surface area contributed by atoms with Gasteiger partial charge in [-0.2, -0.15) is 0 Å². The third-order valence-electron chi connectivity index (χ3n) is 4.00. The van der Waals surface area contributed by atoms with Gasteiger partial charge in [-0.25, -0.2) is 0 Å². The van der Waals surface area contributed by atoms with E-state index in [0.717, 1.165) is 0 Å². The van der Waals surface area contributed by atoms with E-state index in [1.807, 2.05) is 33.8 Å². The second-order valence-electron chi connectivity index (χ2n) is 6.29. The lowest BCUT2D eigenvalue weighted by molar-refractivity contribution is 0.0773. The zero-order chi connectivity index (χ0) is 20.0. The molecule has 0 aromatic heterocycles. The fourth-order valence-electron chi connectivity index (χ4n) is 2.66. The maximum Gasteiger partial charge on any atom is 0.259 e. The lowest BCUT2D eigenvalue weighted by Gasteiger charge is -2.19. The van der Waals surface area contributed by atoms with E-state index in [-0.39, 0.29) is 17.9 Å². The minimum atomic E-state index is -0.301. The third-order valence-corrected chi connectivity index (χ3v) is 4.32. The lowest BCUT2D eigenvalue weighted by atomic mass is 10.1. The van der Waals surface area contributed by atoms with E-state index in [1.54, 1.807) is 41.3 Å². The zero-order valence-electron chi connectivity index (χ0n) is 16.1. The molecule has 0 atom stereocenters. The number of carbonyl (C=O) groups excluding carboxylic acids is 2. The summed E-state index contributed by atoms with van der Waals surface area (Å²) in [6.07, 6.45) is -0.0428. The van der Waals surface area contributed by atoms with Crippen LogP contribution in [0.4, 0.5) is 5.69 Å². The van der Waals surface area contributed by atoms with Crippen molar-refractivity contribution in [2.75, 3.05) is 18.4 Å². The Hall–Kier alpha value is -2.53. The standard InChI is InChI=1S/C21H25ClN2O3/c1-5-24(6-2)21(26)16-12-11-15(13-18(16)22)23-20(25)17-9-7-8-10-19(17)27-14(3)4/h7-14H,5-6H2,1-4H3,(H,23,25). The van der Waals surface area contributed by atoms with Crippen molar-refractivity contribution in [3.8, 4) is 5.75 Å². The number of halogens is 1. The third kappa shape index (κ3) is 5.23. The van der Waals surface area contributed by atoms with Crippen molar-refractivity contribution in [1.29, 1.82) is 0 Å². The number of para-hydroxylation sites is 1. The van der Waals surface area contributed by atoms with Crippen LogP contribution in [0.2, 0.25) is 5.02 Å². The van der Waals surface area contributed by atoms with Crippen LogP contribution >= 0.6 is 11.6 Å². The molecule has 144 valence electrons. The Bertz CT molecular complexity index is 817. The summed E-state index contributed by atoms with van der Waals surface area (Å²) in [7, 11) is 0. The van der Waals surface area contributed by atoms with E-state index in [1.165, 1.54) is 0 Å². The molecule has 0 saturated carbocycles. The first-order valence-electron chi connectivity index (χ1n) is 9.03. The highest BCUT2D eigenvalue weighted by Crippen LogP contribution is 2.25. The van der Waals surface area contributed by atoms with Crippen molar-refractivity contribution in [3.05, 3.63) is 58.6 Å². The monoisotopic (exact) mass is 388 g/mol. The molecule has 0 aliphatic carbocycles. The molecule has 0 aliphatic rings. The summed E-state index contributed by atoms with van der Waals surface area (Å²) >= 11 is 6.29. The highest BCUT2D eigenvalue weighted by molar-refractivity contribution is 6.34. The quantitative estimate of drug-likeness (QED) is 0.736. The molecule has 2 aromatic rings. The van der Waals surface area contributed by atoms with Crippen LogP contribution < -0.4 is 10.1 Å². The zero-order valence-corrected chi connectivity index (χ0v) is 16.8. The molecule has 2 rings (SSSR count). The topological polar surface area (TPSA) is 58.6 Å². The summed E-state index contributed by atoms with van der Waals surface area (Å²) in [6, 6.07) is 11.9. The molecule has 1 N–H and O–H groups in total. The Morgan fingerprint density at radius 2 is 1.74 bits per heavy atom. The lowest BCUT2D eigenvalue weighted by Crippen LogP contribution is -2.30. The van der Waals surface area contributed by atoms with Crippen molar-refractivity contribution < 1.29 is 14.3 Å². The molecule has 0 radical (unpaired) electrons. The number of amides is 2. The first-order valence-corrected chi connectivity index (χ1v) is 9.41. The molecule has 2 aromatic carbocycles. The van der Waals surface area contributed by atoms with Gasteiger partial charge in [0, 0.05) is 18.8 Å². The van der Waals surface area contributed by atoms with Gasteiger partial charge in [0.25, 0.3) is 11.8 Å². The molecule has 27 heavy (non-hydrogen) atoms. The van der Waals surface area contributed by atoms with Crippen LogP contribution in [-0.2, 0) is 0 Å². The van der Waals surface area contributed by atoms with Gasteiger partial charge in [0.1, 0.15) is 5.75 Å². The molecule has 2 amide bonds. The Morgan fingerprint density at radius 1 is 1.07 bits per heavy atom. The molecule has 0 fully saturated rings. The van der Waals surface area contributed by atoms with E-state index in [2.05, 4.69) is 5.32 Å². The maximum atomic E-state index is 12.6. The van der Waals surface area contributed by atoms with Crippen molar-refractivity contribution >= 4 is 29.1 Å². The number of nitrogens with zero attached hydrogens (tertiary/aromatic N) is 1. The summed E-state index contributed by atoms with van der Waals surface area (Å²) in [5, 5.41) is 3.11. The van der Waals surface area contributed by atoms with E-state index in [9.17, 15) is 9.59 Å². The summed E-state index contributed by atoms with van der Waals surface area (Å²) in [5.74, 6) is 0.0909. The normalized spacial score (nSPS) is 10.6. The van der Waals surface area contributed by atoms with Crippen LogP contribution in [0.5, 0.6) is 5.75 Å². The van der Waals surface area contributed by atoms with Gasteiger partial charge < -0.3 is 15.0 Å². The van der Waals surface area contributed by atoms with Crippen molar-refractivity contribution in [2.24, 2.45) is 0 Å². The van der Waals surface area contributed by atoms with E-state index >= 15 is 0 Å². The van der Waals surface area contributed by atoms with Crippen LogP contribution in [0.3, 0.4) is 0 Å². The van der Waals surface area contributed by atoms with Gasteiger partial charge >= 0.3 is 0 Å². The van der Waals surface area contributed by atoms with Gasteiger partial charge in [-0.15, -0.1) is 0 Å². The Morgan fingerprint density at radius 3 is 2.33 bits per heavy atom. The number of anilines is 1. The van der Waals surface area contributed by atoms with Crippen molar-refractivity contribution in [2.45, 2.75) is 33.8 Å². The average Bonchev–Trinajstić information content (AvgIpc) is 2.62. The number of benzene rings is 2. The molecular weight excluding hydrogens is 364 g/mol. The predicted molar refractivity (Wildman–Crippen MR) is 109 cm³/mol. The minimum Gasteiger partial charge on any atom is -0.490 e. The summed E-state index contributed by atoms with van der Waals surface area (Å²) < 4.78 is 5.69. The highest BCUT2D eigenvalue weighted by Gasteiger charge is 2.18. The first kappa shape index (κ1) is 20.8. The Kier molecular flexibility index (Phi) is 7.25. The highest BCUT2D eigenvalue weighted by atomic mass is 35.5. The van der Waals surface area contributed by atoms with Gasteiger partial charge in [0.05, 0.1) is 22.3 Å². The fourth-order valence-corrected chi connectivity index (χ4v) is 2.92. The van der Waals surface area contributed by atoms with Crippen molar-refractivity contribution in [3.63, 3.8) is 0 Å². The van der Waals surface area contributed by atoms with Crippen LogP contribution in [0.25, 0.3) is 0 Å². The number of hydrogen-bond acceptors (Lipinski definition) is 3. The summed E-state index contributed by atoms with van der Waals surface area (Å²) in [5.41, 5.74) is 1.37. The summed E-state index contributed by atoms with van der Waals surface area (Å²) in [4.78, 5) is 26.8. The number of hydrogen-bond donors (Lipinski definition) is 1. The fraction of sp³-hybridized carbons (Fsp3) is 0.333. The molecule has 0 heterocycles. The molecule has 0 aliphatic heterocycles. The number of nitrogens with one attached hydrogen (secondary N) is 1. The maximum absolute atomic E-state index is 12.6. The van der Waals surface area contributed by atoms with Crippen LogP contribution in [0.15, 0.2) is 42.5 Å². The number of rotatable bonds is 7. The first-order chi connectivity index (χ1) is 12.9. The molecule has 5 nitrogen and oxygen atoms in total. The Labute approximate surface area is 165 Å². The molecular formula is C21H25ClN2O3. The molecule has 6 heteroatoms. The van der Waals surface area contributed by atoms with Gasteiger partial charge in [0.2, 0.25) is 0 Å². The predicted octanol–water partition coefficient (Wildman–Crippen LogP) is 4.86. The van der Waals surface area contributed by atoms with E-state index < -0.39 is 0 Å². The van der Waals surface area contributed by atoms with Gasteiger partial charge in [0.15, 0.2) is 0 Å². The van der Waals surface area contributed by atoms with Crippen molar-refractivity contribution in [1.82, 2.24) is 4.90 Å². The average molecular weight is 389 g/mol. The van der Waals surface area contributed by atoms with Gasteiger partial charge in [-0.3, -0.25) is 9.59 Å². The number of carbonyl (C=O) groups is 2. The van der Waals surface area contributed by atoms with E-state index in [0.29, 0.717) is 40.7 Å². The van der Waals surface area contributed by atoms with E-state index in [4.69, 9.17) is 16.3 Å². The molecule has 0 bridgehead atoms. The second-order valence-corrected chi connectivity index (χ2v) is 6.70. The Balaban J connectivity index is 2.20. The second kappa shape index (κ2) is 9.42. The van der Waals surface area contributed by atoms with Crippen LogP contribution in [0.1, 0.15) is 48.4 Å². The molecule has 0 saturated heterocycles. The van der Waals surface area contributed by atoms with Gasteiger partial charge in [-0.1, -0.05) is 23.7 Å².